The zero-order valence-corrected chi connectivity index (χ0v) is 15.9. The third-order valence-electron chi connectivity index (χ3n) is 4.08. The number of hydrogen-bond acceptors (Lipinski definition) is 4. The number of nitrogens with zero attached hydrogens (tertiary/aromatic N) is 1. The van der Waals surface area contributed by atoms with Crippen LogP contribution >= 0.6 is 11.6 Å². The van der Waals surface area contributed by atoms with Gasteiger partial charge in [-0.25, -0.2) is 8.42 Å². The van der Waals surface area contributed by atoms with Crippen molar-refractivity contribution in [1.29, 1.82) is 0 Å². The molecule has 26 heavy (non-hydrogen) atoms. The Bertz CT molecular complexity index is 904. The van der Waals surface area contributed by atoms with Gasteiger partial charge in [-0.1, -0.05) is 11.6 Å². The number of nitrogens with one attached hydrogen (secondary N) is 2. The zero-order chi connectivity index (χ0) is 18.7. The van der Waals surface area contributed by atoms with Crippen LogP contribution in [0.1, 0.15) is 30.3 Å². The van der Waals surface area contributed by atoms with Gasteiger partial charge in [0.2, 0.25) is 10.0 Å². The fourth-order valence-corrected chi connectivity index (χ4v) is 4.67. The highest BCUT2D eigenvalue weighted by molar-refractivity contribution is 7.89. The Morgan fingerprint density at radius 1 is 1.31 bits per heavy atom. The zero-order valence-electron chi connectivity index (χ0n) is 14.3. The molecule has 0 spiro atoms. The number of amides is 1. The number of H-pyrrole nitrogens is 1. The number of benzene rings is 1. The number of sulfonamides is 1. The van der Waals surface area contributed by atoms with E-state index in [1.54, 1.807) is 19.1 Å². The molecule has 1 aliphatic heterocycles. The molecule has 9 heteroatoms. The first-order chi connectivity index (χ1) is 12.4. The van der Waals surface area contributed by atoms with E-state index in [1.165, 1.54) is 22.6 Å². The first-order valence-electron chi connectivity index (χ1n) is 8.34. The van der Waals surface area contributed by atoms with E-state index in [-0.39, 0.29) is 16.3 Å². The molecule has 2 aromatic rings. The number of halogens is 1. The summed E-state index contributed by atoms with van der Waals surface area (Å²) in [6, 6.07) is 6.09. The lowest BCUT2D eigenvalue weighted by molar-refractivity contribution is 0.102. The summed E-state index contributed by atoms with van der Waals surface area (Å²) in [4.78, 5) is 15.1. The lowest BCUT2D eigenvalue weighted by Gasteiger charge is -2.19. The van der Waals surface area contributed by atoms with Crippen molar-refractivity contribution in [3.05, 3.63) is 41.2 Å². The second kappa shape index (κ2) is 7.69. The summed E-state index contributed by atoms with van der Waals surface area (Å²) in [6.45, 7) is 3.11. The van der Waals surface area contributed by atoms with Gasteiger partial charge in [0.1, 0.15) is 16.3 Å². The summed E-state index contributed by atoms with van der Waals surface area (Å²) >= 11 is 5.81. The number of aromatic nitrogens is 1. The average molecular weight is 398 g/mol. The van der Waals surface area contributed by atoms with E-state index in [4.69, 9.17) is 16.3 Å². The summed E-state index contributed by atoms with van der Waals surface area (Å²) in [5, 5.41) is 3.09. The predicted octanol–water partition coefficient (Wildman–Crippen LogP) is 3.10. The van der Waals surface area contributed by atoms with Crippen molar-refractivity contribution in [3.8, 4) is 5.75 Å². The molecule has 1 aromatic carbocycles. The van der Waals surface area contributed by atoms with Crippen molar-refractivity contribution in [2.75, 3.05) is 25.0 Å². The van der Waals surface area contributed by atoms with Crippen LogP contribution in [-0.2, 0) is 10.0 Å². The van der Waals surface area contributed by atoms with Crippen LogP contribution in [-0.4, -0.2) is 43.3 Å². The molecule has 1 saturated heterocycles. The maximum absolute atomic E-state index is 13.0. The Morgan fingerprint density at radius 2 is 2.04 bits per heavy atom. The highest BCUT2D eigenvalue weighted by Gasteiger charge is 2.30. The number of aromatic amines is 1. The first-order valence-corrected chi connectivity index (χ1v) is 10.2. The van der Waals surface area contributed by atoms with Crippen molar-refractivity contribution >= 4 is 33.2 Å². The number of carbonyl (C=O) groups is 1. The lowest BCUT2D eigenvalue weighted by Crippen LogP contribution is -2.28. The Labute approximate surface area is 157 Å². The smallest absolute Gasteiger partial charge is 0.272 e. The van der Waals surface area contributed by atoms with E-state index in [0.717, 1.165) is 12.8 Å². The largest absolute Gasteiger partial charge is 0.492 e. The molecule has 3 rings (SSSR count). The SMILES string of the molecule is CCOc1ccc(NC(=O)c2cc(Cl)c[nH]2)cc1S(=O)(=O)N1CCCC1. The Hall–Kier alpha value is -2.03. The van der Waals surface area contributed by atoms with Gasteiger partial charge in [-0.3, -0.25) is 4.79 Å². The van der Waals surface area contributed by atoms with E-state index in [1.807, 2.05) is 0 Å². The van der Waals surface area contributed by atoms with Crippen molar-refractivity contribution in [2.24, 2.45) is 0 Å². The van der Waals surface area contributed by atoms with Crippen LogP contribution in [0, 0.1) is 0 Å². The molecule has 0 unspecified atom stereocenters. The van der Waals surface area contributed by atoms with Crippen molar-refractivity contribution in [3.63, 3.8) is 0 Å². The van der Waals surface area contributed by atoms with Crippen LogP contribution in [0.15, 0.2) is 35.4 Å². The minimum Gasteiger partial charge on any atom is -0.492 e. The van der Waals surface area contributed by atoms with Gasteiger partial charge in [0, 0.05) is 25.0 Å². The lowest BCUT2D eigenvalue weighted by atomic mass is 10.3. The third-order valence-corrected chi connectivity index (χ3v) is 6.21. The molecular weight excluding hydrogens is 378 g/mol. The van der Waals surface area contributed by atoms with Crippen LogP contribution in [0.3, 0.4) is 0 Å². The number of anilines is 1. The van der Waals surface area contributed by atoms with E-state index in [9.17, 15) is 13.2 Å². The van der Waals surface area contributed by atoms with Crippen LogP contribution in [0.25, 0.3) is 0 Å². The normalized spacial score (nSPS) is 15.2. The van der Waals surface area contributed by atoms with Gasteiger partial charge in [0.05, 0.1) is 11.6 Å². The molecule has 0 atom stereocenters. The molecule has 1 amide bonds. The van der Waals surface area contributed by atoms with Gasteiger partial charge >= 0.3 is 0 Å². The second-order valence-corrected chi connectivity index (χ2v) is 8.23. The Morgan fingerprint density at radius 3 is 2.65 bits per heavy atom. The van der Waals surface area contributed by atoms with Crippen LogP contribution in [0.4, 0.5) is 5.69 Å². The highest BCUT2D eigenvalue weighted by atomic mass is 35.5. The summed E-state index contributed by atoms with van der Waals surface area (Å²) in [7, 11) is -3.68. The molecule has 2 N–H and O–H groups in total. The fraction of sp³-hybridized carbons (Fsp3) is 0.353. The van der Waals surface area contributed by atoms with E-state index in [0.29, 0.717) is 30.4 Å². The Kier molecular flexibility index (Phi) is 5.55. The second-order valence-electron chi connectivity index (χ2n) is 5.89. The molecule has 1 aromatic heterocycles. The number of hydrogen-bond donors (Lipinski definition) is 2. The minimum atomic E-state index is -3.68. The summed E-state index contributed by atoms with van der Waals surface area (Å²) in [5.74, 6) is -0.133. The van der Waals surface area contributed by atoms with Gasteiger partial charge in [-0.2, -0.15) is 4.31 Å². The summed E-state index contributed by atoms with van der Waals surface area (Å²) in [6.07, 6.45) is 3.18. The van der Waals surface area contributed by atoms with Crippen LogP contribution < -0.4 is 10.1 Å². The molecule has 2 heterocycles. The third kappa shape index (κ3) is 3.87. The van der Waals surface area contributed by atoms with Crippen molar-refractivity contribution in [2.45, 2.75) is 24.7 Å². The molecule has 0 radical (unpaired) electrons. The molecule has 0 bridgehead atoms. The fourth-order valence-electron chi connectivity index (χ4n) is 2.83. The standard InChI is InChI=1S/C17H20ClN3O4S/c1-2-25-15-6-5-13(20-17(22)14-9-12(18)11-19-14)10-16(15)26(23,24)21-7-3-4-8-21/h5-6,9-11,19H,2-4,7-8H2,1H3,(H,20,22). The summed E-state index contributed by atoms with van der Waals surface area (Å²) < 4.78 is 32.8. The van der Waals surface area contributed by atoms with E-state index < -0.39 is 15.9 Å². The molecule has 1 fully saturated rings. The van der Waals surface area contributed by atoms with Gasteiger partial charge in [-0.05, 0) is 44.0 Å². The monoisotopic (exact) mass is 397 g/mol. The maximum Gasteiger partial charge on any atom is 0.272 e. The van der Waals surface area contributed by atoms with Gasteiger partial charge < -0.3 is 15.0 Å². The quantitative estimate of drug-likeness (QED) is 0.783. The number of rotatable bonds is 6. The van der Waals surface area contributed by atoms with E-state index >= 15 is 0 Å². The first kappa shape index (κ1) is 18.8. The summed E-state index contributed by atoms with van der Waals surface area (Å²) in [5.41, 5.74) is 0.648. The van der Waals surface area contributed by atoms with Gasteiger partial charge in [0.25, 0.3) is 5.91 Å². The average Bonchev–Trinajstić information content (AvgIpc) is 3.28. The highest BCUT2D eigenvalue weighted by Crippen LogP contribution is 2.31. The molecular formula is C17H20ClN3O4S. The predicted molar refractivity (Wildman–Crippen MR) is 99.4 cm³/mol. The molecule has 0 saturated carbocycles. The molecule has 1 aliphatic rings. The topological polar surface area (TPSA) is 91.5 Å². The molecule has 140 valence electrons. The minimum absolute atomic E-state index is 0.0589. The maximum atomic E-state index is 13.0. The van der Waals surface area contributed by atoms with Gasteiger partial charge in [0.15, 0.2) is 0 Å². The van der Waals surface area contributed by atoms with Crippen LogP contribution in [0.2, 0.25) is 5.02 Å². The Balaban J connectivity index is 1.92. The van der Waals surface area contributed by atoms with Crippen molar-refractivity contribution < 1.29 is 17.9 Å². The molecule has 0 aliphatic carbocycles. The van der Waals surface area contributed by atoms with E-state index in [2.05, 4.69) is 10.3 Å². The van der Waals surface area contributed by atoms with Gasteiger partial charge in [-0.15, -0.1) is 0 Å². The van der Waals surface area contributed by atoms with Crippen molar-refractivity contribution in [1.82, 2.24) is 9.29 Å². The molecule has 7 nitrogen and oxygen atoms in total. The van der Waals surface area contributed by atoms with Crippen LogP contribution in [0.5, 0.6) is 5.75 Å². The number of carbonyl (C=O) groups excluding carboxylic acids is 1. The number of ether oxygens (including phenoxy) is 1.